The maximum absolute atomic E-state index is 13.3. The molecule has 1 aromatic heterocycles. The Morgan fingerprint density at radius 3 is 2.63 bits per heavy atom. The Hall–Kier alpha value is -2.63. The van der Waals surface area contributed by atoms with Crippen molar-refractivity contribution < 1.29 is 9.53 Å². The number of carbonyl (C=O) groups is 1. The summed E-state index contributed by atoms with van der Waals surface area (Å²) in [5.74, 6) is 0.573. The predicted molar refractivity (Wildman–Crippen MR) is 111 cm³/mol. The second kappa shape index (κ2) is 8.84. The van der Waals surface area contributed by atoms with Gasteiger partial charge < -0.3 is 10.1 Å². The first-order valence-electron chi connectivity index (χ1n) is 8.80. The van der Waals surface area contributed by atoms with Gasteiger partial charge in [0.05, 0.1) is 12.8 Å². The van der Waals surface area contributed by atoms with Crippen molar-refractivity contribution in [2.45, 2.75) is 19.5 Å². The van der Waals surface area contributed by atoms with Crippen LogP contribution < -0.4 is 10.1 Å². The number of anilines is 1. The Morgan fingerprint density at radius 2 is 1.96 bits per heavy atom. The van der Waals surface area contributed by atoms with Crippen molar-refractivity contribution in [2.75, 3.05) is 19.5 Å². The topological polar surface area (TPSA) is 41.6 Å². The summed E-state index contributed by atoms with van der Waals surface area (Å²) in [6, 6.07) is 17.3. The lowest BCUT2D eigenvalue weighted by Gasteiger charge is -2.27. The zero-order valence-corrected chi connectivity index (χ0v) is 16.6. The fourth-order valence-electron chi connectivity index (χ4n) is 3.12. The van der Waals surface area contributed by atoms with Crippen LogP contribution in [-0.4, -0.2) is 25.0 Å². The normalized spacial score (nSPS) is 12.0. The average molecular weight is 381 g/mol. The van der Waals surface area contributed by atoms with Gasteiger partial charge in [0.2, 0.25) is 5.91 Å². The fraction of sp³-hybridized carbons (Fsp3) is 0.227. The first-order chi connectivity index (χ1) is 13.1. The van der Waals surface area contributed by atoms with Crippen LogP contribution in [0.1, 0.15) is 22.7 Å². The zero-order chi connectivity index (χ0) is 19.2. The number of likely N-dealkylation sites (N-methyl/N-ethyl adjacent to an activating group) is 1. The largest absolute Gasteiger partial charge is 0.495 e. The molecule has 0 aliphatic carbocycles. The standard InChI is InChI=1S/C22H24N2O2S/c1-16-9-10-20(26-3)19(13-16)23-22(25)21(18-7-5-4-6-8-18)24(2)14-17-11-12-27-15-17/h4-13,15,21H,14H2,1-3H3,(H,23,25)/t21-/m0/s1. The summed E-state index contributed by atoms with van der Waals surface area (Å²) in [6.45, 7) is 2.69. The molecule has 3 aromatic rings. The molecule has 0 radical (unpaired) electrons. The van der Waals surface area contributed by atoms with Gasteiger partial charge in [0.25, 0.3) is 0 Å². The smallest absolute Gasteiger partial charge is 0.246 e. The summed E-state index contributed by atoms with van der Waals surface area (Å²) in [7, 11) is 3.58. The van der Waals surface area contributed by atoms with E-state index >= 15 is 0 Å². The van der Waals surface area contributed by atoms with Crippen LogP contribution in [0.2, 0.25) is 0 Å². The van der Waals surface area contributed by atoms with E-state index in [1.54, 1.807) is 18.4 Å². The Kier molecular flexibility index (Phi) is 6.27. The molecule has 0 fully saturated rings. The second-order valence-electron chi connectivity index (χ2n) is 6.55. The quantitative estimate of drug-likeness (QED) is 0.635. The van der Waals surface area contributed by atoms with Gasteiger partial charge in [-0.1, -0.05) is 36.4 Å². The van der Waals surface area contributed by atoms with Crippen LogP contribution in [-0.2, 0) is 11.3 Å². The van der Waals surface area contributed by atoms with E-state index in [0.29, 0.717) is 18.0 Å². The molecule has 0 bridgehead atoms. The van der Waals surface area contributed by atoms with Gasteiger partial charge in [-0.2, -0.15) is 11.3 Å². The number of benzene rings is 2. The second-order valence-corrected chi connectivity index (χ2v) is 7.33. The molecule has 0 aliphatic rings. The summed E-state index contributed by atoms with van der Waals surface area (Å²) in [4.78, 5) is 15.3. The van der Waals surface area contributed by atoms with Gasteiger partial charge in [0.15, 0.2) is 0 Å². The van der Waals surface area contributed by atoms with Gasteiger partial charge in [-0.25, -0.2) is 0 Å². The number of amides is 1. The van der Waals surface area contributed by atoms with Crippen LogP contribution >= 0.6 is 11.3 Å². The molecule has 5 heteroatoms. The number of nitrogens with zero attached hydrogens (tertiary/aromatic N) is 1. The van der Waals surface area contributed by atoms with Gasteiger partial charge in [-0.3, -0.25) is 9.69 Å². The van der Waals surface area contributed by atoms with Gasteiger partial charge in [0, 0.05) is 6.54 Å². The summed E-state index contributed by atoms with van der Waals surface area (Å²) in [6.07, 6.45) is 0. The number of hydrogen-bond donors (Lipinski definition) is 1. The van der Waals surface area contributed by atoms with Crippen LogP contribution in [0.4, 0.5) is 5.69 Å². The van der Waals surface area contributed by atoms with Gasteiger partial charge in [0.1, 0.15) is 11.8 Å². The van der Waals surface area contributed by atoms with Crippen molar-refractivity contribution in [3.05, 3.63) is 82.0 Å². The molecule has 140 valence electrons. The number of rotatable bonds is 7. The van der Waals surface area contributed by atoms with E-state index in [9.17, 15) is 4.79 Å². The third kappa shape index (κ3) is 4.76. The lowest BCUT2D eigenvalue weighted by Crippen LogP contribution is -2.34. The molecule has 27 heavy (non-hydrogen) atoms. The van der Waals surface area contributed by atoms with Gasteiger partial charge >= 0.3 is 0 Å². The van der Waals surface area contributed by atoms with Crippen molar-refractivity contribution in [1.29, 1.82) is 0 Å². The number of ether oxygens (including phenoxy) is 1. The minimum Gasteiger partial charge on any atom is -0.495 e. The van der Waals surface area contributed by atoms with Crippen LogP contribution in [0.25, 0.3) is 0 Å². The van der Waals surface area contributed by atoms with Crippen LogP contribution in [0.15, 0.2) is 65.4 Å². The lowest BCUT2D eigenvalue weighted by atomic mass is 10.0. The minimum atomic E-state index is -0.406. The van der Waals surface area contributed by atoms with E-state index in [4.69, 9.17) is 4.74 Å². The molecule has 1 heterocycles. The van der Waals surface area contributed by atoms with Crippen molar-refractivity contribution in [1.82, 2.24) is 4.90 Å². The molecular weight excluding hydrogens is 356 g/mol. The summed E-state index contributed by atoms with van der Waals surface area (Å²) in [5, 5.41) is 7.22. The summed E-state index contributed by atoms with van der Waals surface area (Å²) < 4.78 is 5.41. The Balaban J connectivity index is 1.88. The number of carbonyl (C=O) groups excluding carboxylic acids is 1. The highest BCUT2D eigenvalue weighted by Crippen LogP contribution is 2.29. The summed E-state index contributed by atoms with van der Waals surface area (Å²) >= 11 is 1.66. The first-order valence-corrected chi connectivity index (χ1v) is 9.74. The molecular formula is C22H24N2O2S. The predicted octanol–water partition coefficient (Wildman–Crippen LogP) is 4.88. The molecule has 3 rings (SSSR count). The van der Waals surface area contributed by atoms with Crippen molar-refractivity contribution in [3.8, 4) is 5.75 Å². The van der Waals surface area contributed by atoms with Crippen molar-refractivity contribution in [3.63, 3.8) is 0 Å². The zero-order valence-electron chi connectivity index (χ0n) is 15.8. The van der Waals surface area contributed by atoms with Crippen LogP contribution in [0, 0.1) is 6.92 Å². The molecule has 1 N–H and O–H groups in total. The molecule has 0 unspecified atom stereocenters. The molecule has 0 saturated carbocycles. The monoisotopic (exact) mass is 380 g/mol. The third-order valence-corrected chi connectivity index (χ3v) is 5.16. The van der Waals surface area contributed by atoms with E-state index in [2.05, 4.69) is 27.0 Å². The van der Waals surface area contributed by atoms with Crippen LogP contribution in [0.3, 0.4) is 0 Å². The number of aryl methyl sites for hydroxylation is 1. The van der Waals surface area contributed by atoms with E-state index < -0.39 is 6.04 Å². The lowest BCUT2D eigenvalue weighted by molar-refractivity contribution is -0.121. The molecule has 1 atom stereocenters. The number of nitrogens with one attached hydrogen (secondary N) is 1. The third-order valence-electron chi connectivity index (χ3n) is 4.43. The van der Waals surface area contributed by atoms with Gasteiger partial charge in [-0.05, 0) is 59.6 Å². The summed E-state index contributed by atoms with van der Waals surface area (Å²) in [5.41, 5.74) is 3.91. The average Bonchev–Trinajstić information content (AvgIpc) is 3.16. The highest BCUT2D eigenvalue weighted by atomic mass is 32.1. The molecule has 4 nitrogen and oxygen atoms in total. The first kappa shape index (κ1) is 19.1. The number of methoxy groups -OCH3 is 1. The fourth-order valence-corrected chi connectivity index (χ4v) is 3.78. The molecule has 2 aromatic carbocycles. The molecule has 0 aliphatic heterocycles. The number of thiophene rings is 1. The van der Waals surface area contributed by atoms with E-state index in [-0.39, 0.29) is 5.91 Å². The maximum Gasteiger partial charge on any atom is 0.246 e. The van der Waals surface area contributed by atoms with E-state index in [1.807, 2.05) is 62.5 Å². The number of hydrogen-bond acceptors (Lipinski definition) is 4. The van der Waals surface area contributed by atoms with Crippen molar-refractivity contribution >= 4 is 22.9 Å². The Labute approximate surface area is 164 Å². The minimum absolute atomic E-state index is 0.0807. The highest BCUT2D eigenvalue weighted by Gasteiger charge is 2.26. The van der Waals surface area contributed by atoms with Gasteiger partial charge in [-0.15, -0.1) is 0 Å². The molecule has 0 spiro atoms. The SMILES string of the molecule is COc1ccc(C)cc1NC(=O)[C@H](c1ccccc1)N(C)Cc1ccsc1. The molecule has 1 amide bonds. The van der Waals surface area contributed by atoms with Crippen LogP contribution in [0.5, 0.6) is 5.75 Å². The van der Waals surface area contributed by atoms with E-state index in [0.717, 1.165) is 11.1 Å². The van der Waals surface area contributed by atoms with Crippen molar-refractivity contribution in [2.24, 2.45) is 0 Å². The Morgan fingerprint density at radius 1 is 1.19 bits per heavy atom. The van der Waals surface area contributed by atoms with E-state index in [1.165, 1.54) is 5.56 Å². The molecule has 0 saturated heterocycles. The Bertz CT molecular complexity index is 879. The highest BCUT2D eigenvalue weighted by molar-refractivity contribution is 7.07. The maximum atomic E-state index is 13.3.